The van der Waals surface area contributed by atoms with E-state index in [1.165, 1.54) is 28.0 Å². The Morgan fingerprint density at radius 2 is 1.81 bits per heavy atom. The Hall–Kier alpha value is -3.22. The maximum Gasteiger partial charge on any atom is 0.256 e. The molecule has 0 saturated carbocycles. The Morgan fingerprint density at radius 3 is 2.56 bits per heavy atom. The second-order valence-corrected chi connectivity index (χ2v) is 6.91. The van der Waals surface area contributed by atoms with E-state index < -0.39 is 23.0 Å². The van der Waals surface area contributed by atoms with Crippen LogP contribution in [-0.2, 0) is 15.0 Å². The molecule has 4 rings (SSSR count). The lowest BCUT2D eigenvalue weighted by molar-refractivity contribution is -0.125. The Bertz CT molecular complexity index is 961. The molecule has 1 spiro atoms. The number of primary amides is 1. The van der Waals surface area contributed by atoms with Crippen LogP contribution in [0, 0.1) is 5.82 Å². The largest absolute Gasteiger partial charge is 0.368 e. The zero-order chi connectivity index (χ0) is 19.2. The summed E-state index contributed by atoms with van der Waals surface area (Å²) in [5.41, 5.74) is 5.79. The van der Waals surface area contributed by atoms with Crippen LogP contribution in [0.25, 0.3) is 0 Å². The standard InChI is InChI=1S/C20H18FN3O3/c21-15-7-3-1-5-13(15)18(26)23-10-9-20(12-23)14-6-2-4-8-16(14)24(19(20)27)11-17(22)25/h1-8H,9-12H2,(H2,22,25)/t20-/m0/s1. The third-order valence-corrected chi connectivity index (χ3v) is 5.34. The normalized spacial score (nSPS) is 21.0. The van der Waals surface area contributed by atoms with Gasteiger partial charge in [0.25, 0.3) is 5.91 Å². The van der Waals surface area contributed by atoms with Crippen molar-refractivity contribution in [2.75, 3.05) is 24.5 Å². The van der Waals surface area contributed by atoms with Crippen LogP contribution in [0.2, 0.25) is 0 Å². The van der Waals surface area contributed by atoms with Crippen molar-refractivity contribution in [3.05, 3.63) is 65.5 Å². The molecule has 1 atom stereocenters. The SMILES string of the molecule is NC(=O)CN1C(=O)[C@]2(CCN(C(=O)c3ccccc3F)C2)c2ccccc21. The van der Waals surface area contributed by atoms with Gasteiger partial charge >= 0.3 is 0 Å². The molecule has 2 aromatic rings. The average Bonchev–Trinajstić information content (AvgIpc) is 3.19. The fraction of sp³-hybridized carbons (Fsp3) is 0.250. The highest BCUT2D eigenvalue weighted by atomic mass is 19.1. The van der Waals surface area contributed by atoms with E-state index in [0.29, 0.717) is 18.7 Å². The molecule has 27 heavy (non-hydrogen) atoms. The smallest absolute Gasteiger partial charge is 0.256 e. The van der Waals surface area contributed by atoms with E-state index >= 15 is 0 Å². The summed E-state index contributed by atoms with van der Waals surface area (Å²) in [7, 11) is 0. The van der Waals surface area contributed by atoms with Crippen molar-refractivity contribution in [1.82, 2.24) is 4.90 Å². The van der Waals surface area contributed by atoms with E-state index in [-0.39, 0.29) is 24.6 Å². The number of rotatable bonds is 3. The van der Waals surface area contributed by atoms with Gasteiger partial charge in [-0.1, -0.05) is 30.3 Å². The maximum absolute atomic E-state index is 14.0. The number of hydrogen-bond acceptors (Lipinski definition) is 3. The van der Waals surface area contributed by atoms with Crippen LogP contribution < -0.4 is 10.6 Å². The molecule has 1 saturated heterocycles. The number of nitrogens with two attached hydrogens (primary N) is 1. The molecule has 2 heterocycles. The number of carbonyl (C=O) groups excluding carboxylic acids is 3. The topological polar surface area (TPSA) is 83.7 Å². The predicted molar refractivity (Wildman–Crippen MR) is 96.6 cm³/mol. The van der Waals surface area contributed by atoms with Crippen LogP contribution in [0.15, 0.2) is 48.5 Å². The van der Waals surface area contributed by atoms with Gasteiger partial charge in [-0.25, -0.2) is 4.39 Å². The molecule has 0 radical (unpaired) electrons. The second-order valence-electron chi connectivity index (χ2n) is 6.91. The number of nitrogens with zero attached hydrogens (tertiary/aromatic N) is 2. The van der Waals surface area contributed by atoms with Crippen LogP contribution in [0.3, 0.4) is 0 Å². The Balaban J connectivity index is 1.69. The van der Waals surface area contributed by atoms with Gasteiger partial charge in [0, 0.05) is 18.8 Å². The molecule has 6 nitrogen and oxygen atoms in total. The van der Waals surface area contributed by atoms with Gasteiger partial charge in [-0.2, -0.15) is 0 Å². The van der Waals surface area contributed by atoms with Gasteiger partial charge in [-0.3, -0.25) is 14.4 Å². The summed E-state index contributed by atoms with van der Waals surface area (Å²) in [6.07, 6.45) is 0.415. The average molecular weight is 367 g/mol. The first-order valence-electron chi connectivity index (χ1n) is 8.67. The van der Waals surface area contributed by atoms with Gasteiger partial charge < -0.3 is 15.5 Å². The molecule has 2 N–H and O–H groups in total. The monoisotopic (exact) mass is 367 g/mol. The van der Waals surface area contributed by atoms with Crippen molar-refractivity contribution in [3.63, 3.8) is 0 Å². The number of amides is 3. The molecule has 0 aliphatic carbocycles. The summed E-state index contributed by atoms with van der Waals surface area (Å²) in [5.74, 6) is -1.88. The molecule has 0 aromatic heterocycles. The van der Waals surface area contributed by atoms with E-state index in [0.717, 1.165) is 5.56 Å². The fourth-order valence-electron chi connectivity index (χ4n) is 4.09. The summed E-state index contributed by atoms with van der Waals surface area (Å²) >= 11 is 0. The van der Waals surface area contributed by atoms with Crippen LogP contribution in [0.5, 0.6) is 0 Å². The third-order valence-electron chi connectivity index (χ3n) is 5.34. The number of halogens is 1. The fourth-order valence-corrected chi connectivity index (χ4v) is 4.09. The minimum atomic E-state index is -0.924. The van der Waals surface area contributed by atoms with Crippen molar-refractivity contribution >= 4 is 23.4 Å². The van der Waals surface area contributed by atoms with Crippen LogP contribution in [0.1, 0.15) is 22.3 Å². The van der Waals surface area contributed by atoms with Crippen molar-refractivity contribution in [2.24, 2.45) is 5.73 Å². The van der Waals surface area contributed by atoms with E-state index in [1.54, 1.807) is 18.2 Å². The number of anilines is 1. The number of benzene rings is 2. The molecule has 7 heteroatoms. The molecular formula is C20H18FN3O3. The van der Waals surface area contributed by atoms with Gasteiger partial charge in [0.2, 0.25) is 11.8 Å². The molecule has 1 fully saturated rings. The first-order chi connectivity index (χ1) is 12.9. The molecular weight excluding hydrogens is 349 g/mol. The van der Waals surface area contributed by atoms with Crippen LogP contribution in [-0.4, -0.2) is 42.3 Å². The molecule has 0 unspecified atom stereocenters. The van der Waals surface area contributed by atoms with E-state index in [4.69, 9.17) is 5.73 Å². The quantitative estimate of drug-likeness (QED) is 0.891. The molecule has 0 bridgehead atoms. The maximum atomic E-state index is 14.0. The van der Waals surface area contributed by atoms with Crippen LogP contribution >= 0.6 is 0 Å². The summed E-state index contributed by atoms with van der Waals surface area (Å²) in [6, 6.07) is 13.0. The first kappa shape index (κ1) is 17.2. The van der Waals surface area contributed by atoms with Crippen molar-refractivity contribution in [1.29, 1.82) is 0 Å². The van der Waals surface area contributed by atoms with Gasteiger partial charge in [-0.05, 0) is 30.2 Å². The van der Waals surface area contributed by atoms with Gasteiger partial charge in [0.15, 0.2) is 0 Å². The van der Waals surface area contributed by atoms with Crippen molar-refractivity contribution in [3.8, 4) is 0 Å². The molecule has 138 valence electrons. The number of likely N-dealkylation sites (tertiary alicyclic amines) is 1. The van der Waals surface area contributed by atoms with Crippen molar-refractivity contribution in [2.45, 2.75) is 11.8 Å². The summed E-state index contributed by atoms with van der Waals surface area (Å²) in [4.78, 5) is 40.3. The predicted octanol–water partition coefficient (Wildman–Crippen LogP) is 1.44. The van der Waals surface area contributed by atoms with Crippen LogP contribution in [0.4, 0.5) is 10.1 Å². The lowest BCUT2D eigenvalue weighted by Gasteiger charge is -2.24. The molecule has 2 aliphatic heterocycles. The van der Waals surface area contributed by atoms with E-state index in [2.05, 4.69) is 0 Å². The van der Waals surface area contributed by atoms with Gasteiger partial charge in [-0.15, -0.1) is 0 Å². The number of carbonyl (C=O) groups is 3. The molecule has 2 aromatic carbocycles. The van der Waals surface area contributed by atoms with E-state index in [9.17, 15) is 18.8 Å². The molecule has 2 aliphatic rings. The first-order valence-corrected chi connectivity index (χ1v) is 8.67. The van der Waals surface area contributed by atoms with Gasteiger partial charge in [0.1, 0.15) is 12.4 Å². The number of fused-ring (bicyclic) bond motifs is 2. The zero-order valence-corrected chi connectivity index (χ0v) is 14.5. The Kier molecular flexibility index (Phi) is 3.95. The summed E-state index contributed by atoms with van der Waals surface area (Å²) in [5, 5.41) is 0. The highest BCUT2D eigenvalue weighted by Crippen LogP contribution is 2.47. The third kappa shape index (κ3) is 2.58. The number of hydrogen-bond donors (Lipinski definition) is 1. The minimum Gasteiger partial charge on any atom is -0.368 e. The van der Waals surface area contributed by atoms with Gasteiger partial charge in [0.05, 0.1) is 11.0 Å². The highest BCUT2D eigenvalue weighted by molar-refractivity contribution is 6.11. The highest BCUT2D eigenvalue weighted by Gasteiger charge is 2.55. The molecule has 3 amide bonds. The van der Waals surface area contributed by atoms with E-state index in [1.807, 2.05) is 12.1 Å². The lowest BCUT2D eigenvalue weighted by Crippen LogP contribution is -2.45. The van der Waals surface area contributed by atoms with Crippen molar-refractivity contribution < 1.29 is 18.8 Å². The Morgan fingerprint density at radius 1 is 1.11 bits per heavy atom. The Labute approximate surface area is 155 Å². The number of para-hydroxylation sites is 1. The summed E-state index contributed by atoms with van der Waals surface area (Å²) in [6.45, 7) is 0.266. The zero-order valence-electron chi connectivity index (χ0n) is 14.5. The second kappa shape index (κ2) is 6.19. The minimum absolute atomic E-state index is 0.0118. The lowest BCUT2D eigenvalue weighted by atomic mass is 9.81. The summed E-state index contributed by atoms with van der Waals surface area (Å²) < 4.78 is 14.0.